The number of carbonyl (C=O) groups excluding carboxylic acids is 1. The Morgan fingerprint density at radius 1 is 1.21 bits per heavy atom. The van der Waals surface area contributed by atoms with Gasteiger partial charge < -0.3 is 19.5 Å². The van der Waals surface area contributed by atoms with E-state index in [0.717, 1.165) is 29.9 Å². The van der Waals surface area contributed by atoms with E-state index >= 15 is 0 Å². The van der Waals surface area contributed by atoms with Crippen LogP contribution in [0.15, 0.2) is 18.2 Å². The third-order valence-corrected chi connectivity index (χ3v) is 5.50. The predicted octanol–water partition coefficient (Wildman–Crippen LogP) is 4.57. The zero-order chi connectivity index (χ0) is 20.4. The van der Waals surface area contributed by atoms with E-state index in [1.165, 1.54) is 12.8 Å². The average Bonchev–Trinajstić information content (AvgIpc) is 3.09. The molecule has 0 aromatic heterocycles. The number of amides is 1. The van der Waals surface area contributed by atoms with Crippen LogP contribution in [0.1, 0.15) is 64.9 Å². The monoisotopic (exact) mass is 385 g/mol. The summed E-state index contributed by atoms with van der Waals surface area (Å²) in [6, 6.07) is 5.95. The van der Waals surface area contributed by atoms with Crippen molar-refractivity contribution >= 4 is 6.09 Å². The molecule has 1 N–H and O–H groups in total. The fraction of sp³-hybridized carbons (Fsp3) is 0.609. The van der Waals surface area contributed by atoms with Crippen molar-refractivity contribution in [3.63, 3.8) is 0 Å². The van der Waals surface area contributed by atoms with Gasteiger partial charge in [0.25, 0.3) is 0 Å². The Morgan fingerprint density at radius 3 is 2.46 bits per heavy atom. The van der Waals surface area contributed by atoms with Gasteiger partial charge >= 0.3 is 6.09 Å². The van der Waals surface area contributed by atoms with Gasteiger partial charge in [-0.1, -0.05) is 12.0 Å². The highest BCUT2D eigenvalue weighted by Gasteiger charge is 2.45. The molecule has 2 saturated carbocycles. The molecule has 2 aliphatic carbocycles. The van der Waals surface area contributed by atoms with Crippen LogP contribution < -0.4 is 14.8 Å². The van der Waals surface area contributed by atoms with Crippen LogP contribution in [-0.4, -0.2) is 30.9 Å². The number of hydrogen-bond donors (Lipinski definition) is 1. The normalized spacial score (nSPS) is 24.8. The first-order valence-corrected chi connectivity index (χ1v) is 10.1. The summed E-state index contributed by atoms with van der Waals surface area (Å²) in [7, 11) is 1.65. The van der Waals surface area contributed by atoms with Crippen molar-refractivity contribution in [1.29, 1.82) is 0 Å². The lowest BCUT2D eigenvalue weighted by Crippen LogP contribution is -2.53. The second-order valence-electron chi connectivity index (χ2n) is 8.87. The molecule has 2 aliphatic rings. The van der Waals surface area contributed by atoms with Crippen molar-refractivity contribution in [2.45, 2.75) is 82.5 Å². The lowest BCUT2D eigenvalue weighted by molar-refractivity contribution is 0.0454. The summed E-state index contributed by atoms with van der Waals surface area (Å²) in [6.07, 6.45) is 11.7. The molecule has 5 heteroatoms. The summed E-state index contributed by atoms with van der Waals surface area (Å²) in [4.78, 5) is 12.0. The van der Waals surface area contributed by atoms with Crippen LogP contribution in [0.5, 0.6) is 11.5 Å². The van der Waals surface area contributed by atoms with Crippen LogP contribution in [0, 0.1) is 12.3 Å². The van der Waals surface area contributed by atoms with E-state index in [1.54, 1.807) is 7.11 Å². The van der Waals surface area contributed by atoms with Gasteiger partial charge in [0.05, 0.1) is 18.6 Å². The number of nitrogens with one attached hydrogen (secondary N) is 1. The van der Waals surface area contributed by atoms with E-state index in [2.05, 4.69) is 11.2 Å². The minimum absolute atomic E-state index is 0.00667. The highest BCUT2D eigenvalue weighted by atomic mass is 16.6. The zero-order valence-corrected chi connectivity index (χ0v) is 17.3. The summed E-state index contributed by atoms with van der Waals surface area (Å²) >= 11 is 0. The van der Waals surface area contributed by atoms with Crippen LogP contribution in [-0.2, 0) is 10.2 Å². The summed E-state index contributed by atoms with van der Waals surface area (Å²) in [5.41, 5.74) is 0.116. The molecular formula is C23H31NO4. The molecule has 0 spiro atoms. The Kier molecular flexibility index (Phi) is 5.79. The first-order valence-electron chi connectivity index (χ1n) is 10.1. The molecule has 0 unspecified atom stereocenters. The standard InChI is InChI=1S/C23H31NO4/c1-6-23(14-17(15-23)24-21(25)28-22(2,3)4)16-11-12-19(26-5)20(13-16)27-18-9-7-8-10-18/h1,11-13,17-18H,7-10,14-15H2,2-5H3,(H,24,25). The van der Waals surface area contributed by atoms with Crippen molar-refractivity contribution in [3.05, 3.63) is 23.8 Å². The van der Waals surface area contributed by atoms with Crippen molar-refractivity contribution in [2.75, 3.05) is 7.11 Å². The number of ether oxygens (including phenoxy) is 3. The predicted molar refractivity (Wildman–Crippen MR) is 109 cm³/mol. The maximum Gasteiger partial charge on any atom is 0.407 e. The topological polar surface area (TPSA) is 56.8 Å². The summed E-state index contributed by atoms with van der Waals surface area (Å²) in [5.74, 6) is 4.43. The van der Waals surface area contributed by atoms with Gasteiger partial charge in [-0.25, -0.2) is 4.79 Å². The first-order chi connectivity index (χ1) is 13.2. The summed E-state index contributed by atoms with van der Waals surface area (Å²) in [6.45, 7) is 5.55. The maximum absolute atomic E-state index is 12.0. The van der Waals surface area contributed by atoms with Gasteiger partial charge in [0, 0.05) is 6.04 Å². The molecule has 28 heavy (non-hydrogen) atoms. The van der Waals surface area contributed by atoms with Crippen LogP contribution in [0.2, 0.25) is 0 Å². The second-order valence-corrected chi connectivity index (χ2v) is 8.87. The fourth-order valence-corrected chi connectivity index (χ4v) is 4.05. The minimum Gasteiger partial charge on any atom is -0.493 e. The molecular weight excluding hydrogens is 354 g/mol. The molecule has 2 fully saturated rings. The molecule has 0 bridgehead atoms. The molecule has 1 aromatic rings. The van der Waals surface area contributed by atoms with Crippen molar-refractivity contribution in [2.24, 2.45) is 0 Å². The lowest BCUT2D eigenvalue weighted by Gasteiger charge is -2.44. The smallest absolute Gasteiger partial charge is 0.407 e. The van der Waals surface area contributed by atoms with Crippen LogP contribution >= 0.6 is 0 Å². The Bertz CT molecular complexity index is 747. The molecule has 0 aliphatic heterocycles. The van der Waals surface area contributed by atoms with E-state index in [0.29, 0.717) is 12.8 Å². The van der Waals surface area contributed by atoms with E-state index in [9.17, 15) is 4.79 Å². The molecule has 5 nitrogen and oxygen atoms in total. The Hall–Kier alpha value is -2.35. The van der Waals surface area contributed by atoms with Gasteiger partial charge in [0.2, 0.25) is 0 Å². The van der Waals surface area contributed by atoms with Crippen LogP contribution in [0.25, 0.3) is 0 Å². The minimum atomic E-state index is -0.514. The molecule has 0 saturated heterocycles. The number of benzene rings is 1. The Balaban J connectivity index is 1.69. The summed E-state index contributed by atoms with van der Waals surface area (Å²) < 4.78 is 17.0. The van der Waals surface area contributed by atoms with Gasteiger partial charge in [0.15, 0.2) is 11.5 Å². The maximum atomic E-state index is 12.0. The van der Waals surface area contributed by atoms with Gasteiger partial charge in [0.1, 0.15) is 5.60 Å². The Labute approximate surface area is 168 Å². The quantitative estimate of drug-likeness (QED) is 0.754. The van der Waals surface area contributed by atoms with Gasteiger partial charge in [-0.15, -0.1) is 6.42 Å². The molecule has 152 valence electrons. The third kappa shape index (κ3) is 4.55. The number of carbonyl (C=O) groups is 1. The molecule has 0 atom stereocenters. The first kappa shape index (κ1) is 20.4. The largest absolute Gasteiger partial charge is 0.493 e. The number of rotatable bonds is 5. The number of methoxy groups -OCH3 is 1. The zero-order valence-electron chi connectivity index (χ0n) is 17.3. The SMILES string of the molecule is C#CC1(c2ccc(OC)c(OC3CCCC3)c2)CC(NC(=O)OC(C)(C)C)C1. The highest BCUT2D eigenvalue weighted by molar-refractivity contribution is 5.68. The fourth-order valence-electron chi connectivity index (χ4n) is 4.05. The van der Waals surface area contributed by atoms with Crippen LogP contribution in [0.3, 0.4) is 0 Å². The molecule has 1 aromatic carbocycles. The van der Waals surface area contributed by atoms with E-state index in [-0.39, 0.29) is 12.1 Å². The van der Waals surface area contributed by atoms with E-state index in [1.807, 2.05) is 39.0 Å². The van der Waals surface area contributed by atoms with Crippen molar-refractivity contribution in [1.82, 2.24) is 5.32 Å². The van der Waals surface area contributed by atoms with E-state index in [4.69, 9.17) is 20.6 Å². The van der Waals surface area contributed by atoms with E-state index < -0.39 is 17.1 Å². The highest BCUT2D eigenvalue weighted by Crippen LogP contribution is 2.46. The lowest BCUT2D eigenvalue weighted by atomic mass is 9.62. The summed E-state index contributed by atoms with van der Waals surface area (Å²) in [5, 5.41) is 2.91. The third-order valence-electron chi connectivity index (χ3n) is 5.50. The van der Waals surface area contributed by atoms with Crippen LogP contribution in [0.4, 0.5) is 4.79 Å². The molecule has 1 amide bonds. The van der Waals surface area contributed by atoms with Gasteiger partial charge in [-0.3, -0.25) is 0 Å². The molecule has 0 radical (unpaired) electrons. The number of alkyl carbamates (subject to hydrolysis) is 1. The van der Waals surface area contributed by atoms with Crippen molar-refractivity contribution < 1.29 is 19.0 Å². The average molecular weight is 386 g/mol. The Morgan fingerprint density at radius 2 is 1.89 bits per heavy atom. The van der Waals surface area contributed by atoms with Crippen molar-refractivity contribution in [3.8, 4) is 23.8 Å². The van der Waals surface area contributed by atoms with Gasteiger partial charge in [-0.05, 0) is 77.0 Å². The molecule has 0 heterocycles. The number of terminal acetylenes is 1. The number of hydrogen-bond acceptors (Lipinski definition) is 4. The van der Waals surface area contributed by atoms with Gasteiger partial charge in [-0.2, -0.15) is 0 Å². The molecule has 3 rings (SSSR count). The second kappa shape index (κ2) is 7.95.